The van der Waals surface area contributed by atoms with E-state index in [1.54, 1.807) is 18.6 Å². The zero-order valence-corrected chi connectivity index (χ0v) is 22.4. The lowest BCUT2D eigenvalue weighted by atomic mass is 10.1. The summed E-state index contributed by atoms with van der Waals surface area (Å²) in [5.74, 6) is -1.04. The Balaban J connectivity index is 1.19. The van der Waals surface area contributed by atoms with Gasteiger partial charge in [0.25, 0.3) is 0 Å². The van der Waals surface area contributed by atoms with E-state index in [-0.39, 0.29) is 42.2 Å². The molecule has 4 atom stereocenters. The number of aromatic nitrogens is 1. The molecule has 3 aliphatic rings. The molecule has 3 aliphatic heterocycles. The Morgan fingerprint density at radius 3 is 2.66 bits per heavy atom. The van der Waals surface area contributed by atoms with Crippen molar-refractivity contribution in [2.24, 2.45) is 9.36 Å². The fraction of sp³-hybridized carbons (Fsp3) is 0.520. The molecule has 1 aromatic carbocycles. The Labute approximate surface area is 224 Å². The molecule has 0 spiro atoms. The van der Waals surface area contributed by atoms with Crippen LogP contribution in [0.5, 0.6) is 5.88 Å². The number of fused-ring (bicyclic) bond motifs is 2. The summed E-state index contributed by atoms with van der Waals surface area (Å²) in [6.07, 6.45) is 2.41. The number of rotatable bonds is 8. The van der Waals surface area contributed by atoms with Crippen molar-refractivity contribution in [2.45, 2.75) is 50.3 Å². The summed E-state index contributed by atoms with van der Waals surface area (Å²) in [5.41, 5.74) is 1.30. The van der Waals surface area contributed by atoms with Crippen molar-refractivity contribution in [3.63, 3.8) is 0 Å². The van der Waals surface area contributed by atoms with Crippen molar-refractivity contribution in [3.8, 4) is 5.88 Å². The second kappa shape index (κ2) is 11.0. The van der Waals surface area contributed by atoms with Crippen LogP contribution in [0, 0.1) is 11.6 Å². The van der Waals surface area contributed by atoms with Gasteiger partial charge in [0.2, 0.25) is 5.88 Å². The summed E-state index contributed by atoms with van der Waals surface area (Å²) < 4.78 is 67.7. The summed E-state index contributed by atoms with van der Waals surface area (Å²) in [4.78, 5) is 8.81. The van der Waals surface area contributed by atoms with Gasteiger partial charge >= 0.3 is 0 Å². The van der Waals surface area contributed by atoms with Gasteiger partial charge in [0.05, 0.1) is 36.6 Å². The number of aliphatic hydroxyl groups excluding tert-OH is 1. The average molecular weight is 572 g/mol. The fourth-order valence-corrected chi connectivity index (χ4v) is 5.35. The van der Waals surface area contributed by atoms with Crippen LogP contribution >= 0.6 is 11.6 Å². The largest absolute Gasteiger partial charge is 0.472 e. The van der Waals surface area contributed by atoms with Gasteiger partial charge in [-0.1, -0.05) is 11.6 Å². The maximum atomic E-state index is 14.7. The van der Waals surface area contributed by atoms with Gasteiger partial charge in [-0.2, -0.15) is 0 Å². The highest BCUT2D eigenvalue weighted by molar-refractivity contribution is 7.92. The van der Waals surface area contributed by atoms with Crippen molar-refractivity contribution in [1.29, 1.82) is 0 Å². The Morgan fingerprint density at radius 1 is 1.18 bits per heavy atom. The Bertz CT molecular complexity index is 1350. The van der Waals surface area contributed by atoms with Crippen molar-refractivity contribution in [1.82, 2.24) is 4.98 Å². The van der Waals surface area contributed by atoms with Crippen LogP contribution in [0.2, 0.25) is 5.02 Å². The molecule has 1 aromatic heterocycles. The number of aryl methyl sites for hydroxylation is 1. The summed E-state index contributed by atoms with van der Waals surface area (Å²) in [6, 6.07) is 4.08. The van der Waals surface area contributed by atoms with Crippen LogP contribution in [0.4, 0.5) is 14.5 Å². The quantitative estimate of drug-likeness (QED) is 0.483. The van der Waals surface area contributed by atoms with E-state index >= 15 is 0 Å². The van der Waals surface area contributed by atoms with Gasteiger partial charge in [0.15, 0.2) is 12.0 Å². The second-order valence-corrected chi connectivity index (χ2v) is 12.7. The van der Waals surface area contributed by atoms with Crippen LogP contribution in [-0.4, -0.2) is 76.9 Å². The molecule has 0 aliphatic carbocycles. The first-order valence-electron chi connectivity index (χ1n) is 12.1. The van der Waals surface area contributed by atoms with Crippen molar-refractivity contribution in [3.05, 3.63) is 51.7 Å². The maximum Gasteiger partial charge on any atom is 0.233 e. The molecule has 9 nitrogen and oxygen atoms in total. The van der Waals surface area contributed by atoms with Crippen LogP contribution in [-0.2, 0) is 43.4 Å². The number of pyridine rings is 1. The first-order valence-corrected chi connectivity index (χ1v) is 14.9. The molecule has 2 fully saturated rings. The van der Waals surface area contributed by atoms with Gasteiger partial charge in [-0.3, -0.25) is 4.21 Å². The second-order valence-electron chi connectivity index (χ2n) is 9.71. The van der Waals surface area contributed by atoms with Crippen LogP contribution in [0.25, 0.3) is 0 Å². The zero-order valence-electron chi connectivity index (χ0n) is 20.9. The first kappa shape index (κ1) is 27.2. The Hall–Kier alpha value is -2.38. The number of aliphatic imine (C=N–C) groups is 1. The molecule has 4 heterocycles. The average Bonchev–Trinajstić information content (AvgIpc) is 3.52. The molecule has 0 radical (unpaired) electrons. The lowest BCUT2D eigenvalue weighted by Crippen LogP contribution is -2.34. The first-order chi connectivity index (χ1) is 18.1. The van der Waals surface area contributed by atoms with Crippen molar-refractivity contribution >= 4 is 32.9 Å². The van der Waals surface area contributed by atoms with E-state index in [9.17, 15) is 18.1 Å². The number of benzene rings is 1. The Morgan fingerprint density at radius 2 is 1.92 bits per heavy atom. The minimum atomic E-state index is -2.20. The normalized spacial score (nSPS) is 24.2. The number of hydrogen-bond donors (Lipinski definition) is 1. The minimum Gasteiger partial charge on any atom is -0.472 e. The van der Waals surface area contributed by atoms with E-state index in [0.717, 1.165) is 0 Å². The molecule has 0 saturated carbocycles. The lowest BCUT2D eigenvalue weighted by molar-refractivity contribution is 0.00558. The van der Waals surface area contributed by atoms with Crippen LogP contribution in [0.1, 0.15) is 23.2 Å². The zero-order chi connectivity index (χ0) is 27.0. The van der Waals surface area contributed by atoms with E-state index in [1.165, 1.54) is 12.1 Å². The number of aliphatic hydroxyl groups is 1. The molecule has 0 unspecified atom stereocenters. The molecule has 5 rings (SSSR count). The highest BCUT2D eigenvalue weighted by atomic mass is 35.5. The molecule has 13 heteroatoms. The van der Waals surface area contributed by atoms with Crippen molar-refractivity contribution in [2.75, 3.05) is 32.3 Å². The van der Waals surface area contributed by atoms with Gasteiger partial charge in [-0.15, -0.1) is 0 Å². The van der Waals surface area contributed by atoms with E-state index in [2.05, 4.69) is 14.3 Å². The molecule has 206 valence electrons. The minimum absolute atomic E-state index is 0.0283. The summed E-state index contributed by atoms with van der Waals surface area (Å²) in [7, 11) is -2.20. The van der Waals surface area contributed by atoms with Gasteiger partial charge in [-0.25, -0.2) is 23.1 Å². The SMILES string of the molecule is CS(C)(=O)=NCCCc1cc(F)c(COc2nc3c(cc2Cl)N=C(O[C@@H]2CO[C@H]4[C@@H]2OC[C@H]4O)C3)c(F)c1. The number of nitrogens with zero attached hydrogens (tertiary/aromatic N) is 3. The molecule has 2 saturated heterocycles. The summed E-state index contributed by atoms with van der Waals surface area (Å²) in [6.45, 7) is 0.417. The van der Waals surface area contributed by atoms with E-state index in [4.69, 9.17) is 30.5 Å². The molecular formula is C25H28ClF2N3O6S. The van der Waals surface area contributed by atoms with E-state index < -0.39 is 46.3 Å². The summed E-state index contributed by atoms with van der Waals surface area (Å²) >= 11 is 6.31. The predicted molar refractivity (Wildman–Crippen MR) is 137 cm³/mol. The van der Waals surface area contributed by atoms with Crippen LogP contribution in [0.15, 0.2) is 27.6 Å². The fourth-order valence-electron chi connectivity index (χ4n) is 4.58. The lowest BCUT2D eigenvalue weighted by Gasteiger charge is -2.17. The Kier molecular flexibility index (Phi) is 7.88. The highest BCUT2D eigenvalue weighted by Gasteiger charge is 2.49. The topological polar surface area (TPSA) is 112 Å². The van der Waals surface area contributed by atoms with E-state index in [0.29, 0.717) is 42.2 Å². The van der Waals surface area contributed by atoms with Gasteiger partial charge in [0.1, 0.15) is 41.6 Å². The van der Waals surface area contributed by atoms with Gasteiger partial charge in [0, 0.05) is 28.8 Å². The molecule has 1 N–H and O–H groups in total. The molecule has 0 amide bonds. The van der Waals surface area contributed by atoms with Crippen LogP contribution < -0.4 is 4.74 Å². The third-order valence-corrected chi connectivity index (χ3v) is 7.49. The molecule has 2 aromatic rings. The maximum absolute atomic E-state index is 14.7. The number of halogens is 3. The molecular weight excluding hydrogens is 544 g/mol. The van der Waals surface area contributed by atoms with Gasteiger partial charge in [-0.05, 0) is 36.6 Å². The smallest absolute Gasteiger partial charge is 0.233 e. The molecule has 0 bridgehead atoms. The predicted octanol–water partition coefficient (Wildman–Crippen LogP) is 3.38. The van der Waals surface area contributed by atoms with Crippen LogP contribution in [0.3, 0.4) is 0 Å². The molecule has 38 heavy (non-hydrogen) atoms. The van der Waals surface area contributed by atoms with Crippen molar-refractivity contribution < 1.29 is 37.0 Å². The third-order valence-electron chi connectivity index (χ3n) is 6.41. The standard InChI is InChI=1S/C25H28ClF2N3O6S/c1-38(2,33)29-5-3-4-13-6-16(27)14(17(28)7-13)10-36-25-15(26)8-18-19(31-25)9-22(30-18)37-21-12-35-23-20(32)11-34-24(21)23/h6-8,20-21,23-24,32H,3-5,9-12H2,1-2H3/t20-,21-,23-,24-/m1/s1. The van der Waals surface area contributed by atoms with E-state index in [1.807, 2.05) is 0 Å². The highest BCUT2D eigenvalue weighted by Crippen LogP contribution is 2.36. The number of hydrogen-bond acceptors (Lipinski definition) is 9. The van der Waals surface area contributed by atoms with Gasteiger partial charge < -0.3 is 24.1 Å². The third kappa shape index (κ3) is 6.09. The number of ether oxygens (including phenoxy) is 4. The summed E-state index contributed by atoms with van der Waals surface area (Å²) in [5, 5.41) is 10.0. The monoisotopic (exact) mass is 571 g/mol.